The summed E-state index contributed by atoms with van der Waals surface area (Å²) >= 11 is 0. The van der Waals surface area contributed by atoms with Gasteiger partial charge in [0.15, 0.2) is 0 Å². The van der Waals surface area contributed by atoms with Crippen LogP contribution >= 0.6 is 0 Å². The molecule has 0 heterocycles. The van der Waals surface area contributed by atoms with Crippen LogP contribution in [0.5, 0.6) is 0 Å². The third-order valence-electron chi connectivity index (χ3n) is 5.57. The fourth-order valence-electron chi connectivity index (χ4n) is 3.86. The van der Waals surface area contributed by atoms with E-state index in [1.807, 2.05) is 60.7 Å². The minimum Gasteiger partial charge on any atom is -0.444 e. The molecule has 36 heavy (non-hydrogen) atoms. The Morgan fingerprint density at radius 1 is 0.972 bits per heavy atom. The molecule has 3 rings (SSSR count). The first-order valence-corrected chi connectivity index (χ1v) is 11.8. The average Bonchev–Trinajstić information content (AvgIpc) is 2.82. The van der Waals surface area contributed by atoms with Gasteiger partial charge in [0.2, 0.25) is 5.91 Å². The highest BCUT2D eigenvalue weighted by Crippen LogP contribution is 2.25. The zero-order valence-corrected chi connectivity index (χ0v) is 21.4. The number of ether oxygens (including phenoxy) is 1. The van der Waals surface area contributed by atoms with E-state index in [9.17, 15) is 14.4 Å². The van der Waals surface area contributed by atoms with E-state index < -0.39 is 29.7 Å². The summed E-state index contributed by atoms with van der Waals surface area (Å²) in [6, 6.07) is 18.9. The lowest BCUT2D eigenvalue weighted by molar-refractivity contribution is -0.138. The van der Waals surface area contributed by atoms with Gasteiger partial charge in [-0.15, -0.1) is 0 Å². The quantitative estimate of drug-likeness (QED) is 0.458. The maximum atomic E-state index is 13.6. The van der Waals surface area contributed by atoms with Gasteiger partial charge in [-0.1, -0.05) is 61.2 Å². The van der Waals surface area contributed by atoms with Gasteiger partial charge < -0.3 is 20.3 Å². The second-order valence-electron chi connectivity index (χ2n) is 9.65. The predicted octanol–water partition coefficient (Wildman–Crippen LogP) is 5.53. The number of nitrogens with zero attached hydrogens (tertiary/aromatic N) is 1. The zero-order chi connectivity index (χ0) is 26.5. The number of alkyl carbamates (subject to hydrolysis) is 1. The summed E-state index contributed by atoms with van der Waals surface area (Å²) in [4.78, 5) is 40.4. The van der Waals surface area contributed by atoms with Crippen LogP contribution in [-0.4, -0.2) is 41.5 Å². The molecule has 0 aliphatic heterocycles. The van der Waals surface area contributed by atoms with Crippen molar-refractivity contribution in [1.29, 1.82) is 0 Å². The molecule has 0 aliphatic carbocycles. The van der Waals surface area contributed by atoms with Gasteiger partial charge in [-0.25, -0.2) is 4.79 Å². The van der Waals surface area contributed by atoms with Crippen molar-refractivity contribution < 1.29 is 19.1 Å². The Bertz CT molecular complexity index is 1280. The molecular weight excluding hydrogens is 454 g/mol. The van der Waals surface area contributed by atoms with Crippen molar-refractivity contribution in [2.24, 2.45) is 0 Å². The van der Waals surface area contributed by atoms with Gasteiger partial charge in [0.1, 0.15) is 17.7 Å². The van der Waals surface area contributed by atoms with E-state index in [2.05, 4.69) is 17.2 Å². The molecule has 3 aromatic carbocycles. The number of amides is 3. The van der Waals surface area contributed by atoms with Crippen molar-refractivity contribution >= 4 is 40.4 Å². The Morgan fingerprint density at radius 3 is 2.33 bits per heavy atom. The number of rotatable bonds is 7. The first-order chi connectivity index (χ1) is 17.0. The summed E-state index contributed by atoms with van der Waals surface area (Å²) < 4.78 is 5.26. The third-order valence-corrected chi connectivity index (χ3v) is 5.57. The molecule has 3 amide bonds. The van der Waals surface area contributed by atoms with Gasteiger partial charge in [0.05, 0.1) is 0 Å². The van der Waals surface area contributed by atoms with E-state index in [0.717, 1.165) is 16.3 Å². The lowest BCUT2D eigenvalue weighted by Crippen LogP contribution is -2.49. The minimum atomic E-state index is -0.952. The molecule has 0 saturated heterocycles. The molecule has 0 aromatic heterocycles. The average molecular weight is 488 g/mol. The van der Waals surface area contributed by atoms with E-state index in [4.69, 9.17) is 4.74 Å². The lowest BCUT2D eigenvalue weighted by Gasteiger charge is -2.30. The van der Waals surface area contributed by atoms with Crippen molar-refractivity contribution in [3.05, 3.63) is 84.4 Å². The SMILES string of the molecule is C=Cc1cccc(C(C(=O)Nc2ccc3ccccc3c2)N(C)C(=O)C(C)NC(=O)OC(C)(C)C)c1. The first kappa shape index (κ1) is 26.5. The molecule has 0 bridgehead atoms. The maximum absolute atomic E-state index is 13.6. The Kier molecular flexibility index (Phi) is 8.14. The highest BCUT2D eigenvalue weighted by Gasteiger charge is 2.32. The van der Waals surface area contributed by atoms with Gasteiger partial charge in [-0.2, -0.15) is 0 Å². The topological polar surface area (TPSA) is 87.7 Å². The number of hydrogen-bond donors (Lipinski definition) is 2. The summed E-state index contributed by atoms with van der Waals surface area (Å²) in [7, 11) is 1.54. The molecule has 2 atom stereocenters. The number of likely N-dealkylation sites (N-methyl/N-ethyl adjacent to an activating group) is 1. The number of nitrogens with one attached hydrogen (secondary N) is 2. The highest BCUT2D eigenvalue weighted by molar-refractivity contribution is 6.00. The molecule has 0 fully saturated rings. The number of fused-ring (bicyclic) bond motifs is 1. The predicted molar refractivity (Wildman–Crippen MR) is 143 cm³/mol. The standard InChI is InChI=1S/C29H33N3O4/c1-7-20-11-10-14-23(17-20)25(32(6)27(34)19(2)30-28(35)36-29(3,4)5)26(33)31-24-16-15-21-12-8-9-13-22(21)18-24/h7-19,25H,1H2,2-6H3,(H,30,35)(H,31,33). The Morgan fingerprint density at radius 2 is 1.67 bits per heavy atom. The van der Waals surface area contributed by atoms with E-state index >= 15 is 0 Å². The van der Waals surface area contributed by atoms with Crippen LogP contribution in [0.15, 0.2) is 73.3 Å². The van der Waals surface area contributed by atoms with Crippen molar-refractivity contribution in [2.75, 3.05) is 12.4 Å². The molecule has 7 nitrogen and oxygen atoms in total. The number of carbonyl (C=O) groups excluding carboxylic acids is 3. The number of anilines is 1. The van der Waals surface area contributed by atoms with Gasteiger partial charge in [0, 0.05) is 12.7 Å². The fraction of sp³-hybridized carbons (Fsp3) is 0.276. The Balaban J connectivity index is 1.88. The lowest BCUT2D eigenvalue weighted by atomic mass is 10.0. The van der Waals surface area contributed by atoms with Crippen LogP contribution in [0, 0.1) is 0 Å². The van der Waals surface area contributed by atoms with Crippen LogP contribution in [-0.2, 0) is 14.3 Å². The van der Waals surface area contributed by atoms with Crippen LogP contribution in [0.25, 0.3) is 16.8 Å². The molecule has 0 radical (unpaired) electrons. The second-order valence-corrected chi connectivity index (χ2v) is 9.65. The molecule has 7 heteroatoms. The van der Waals surface area contributed by atoms with Gasteiger partial charge in [0.25, 0.3) is 5.91 Å². The Labute approximate surface area is 212 Å². The fourth-order valence-corrected chi connectivity index (χ4v) is 3.86. The minimum absolute atomic E-state index is 0.383. The molecule has 0 saturated carbocycles. The summed E-state index contributed by atoms with van der Waals surface area (Å²) in [6.45, 7) is 10.6. The second kappa shape index (κ2) is 11.1. The normalized spacial score (nSPS) is 12.8. The summed E-state index contributed by atoms with van der Waals surface area (Å²) in [5.74, 6) is -0.824. The maximum Gasteiger partial charge on any atom is 0.408 e. The third kappa shape index (κ3) is 6.72. The molecular formula is C29H33N3O4. The monoisotopic (exact) mass is 487 g/mol. The van der Waals surface area contributed by atoms with E-state index in [1.165, 1.54) is 4.90 Å². The van der Waals surface area contributed by atoms with E-state index in [1.54, 1.807) is 46.9 Å². The van der Waals surface area contributed by atoms with E-state index in [0.29, 0.717) is 11.3 Å². The van der Waals surface area contributed by atoms with E-state index in [-0.39, 0.29) is 5.91 Å². The van der Waals surface area contributed by atoms with Crippen molar-refractivity contribution in [3.8, 4) is 0 Å². The van der Waals surface area contributed by atoms with Crippen molar-refractivity contribution in [1.82, 2.24) is 10.2 Å². The number of benzene rings is 3. The van der Waals surface area contributed by atoms with Crippen molar-refractivity contribution in [2.45, 2.75) is 45.4 Å². The van der Waals surface area contributed by atoms with Crippen LogP contribution in [0.4, 0.5) is 10.5 Å². The van der Waals surface area contributed by atoms with Crippen LogP contribution in [0.2, 0.25) is 0 Å². The molecule has 188 valence electrons. The van der Waals surface area contributed by atoms with Crippen molar-refractivity contribution in [3.63, 3.8) is 0 Å². The molecule has 0 spiro atoms. The summed E-state index contributed by atoms with van der Waals surface area (Å²) in [5, 5.41) is 7.54. The summed E-state index contributed by atoms with van der Waals surface area (Å²) in [5.41, 5.74) is 1.35. The first-order valence-electron chi connectivity index (χ1n) is 11.8. The molecule has 3 aromatic rings. The number of hydrogen-bond acceptors (Lipinski definition) is 4. The van der Waals surface area contributed by atoms with Crippen LogP contribution in [0.1, 0.15) is 44.9 Å². The molecule has 2 unspecified atom stereocenters. The molecule has 0 aliphatic rings. The molecule has 2 N–H and O–H groups in total. The van der Waals surface area contributed by atoms with Crippen LogP contribution in [0.3, 0.4) is 0 Å². The van der Waals surface area contributed by atoms with Gasteiger partial charge in [-0.3, -0.25) is 9.59 Å². The Hall–Kier alpha value is -4.13. The van der Waals surface area contributed by atoms with Gasteiger partial charge >= 0.3 is 6.09 Å². The van der Waals surface area contributed by atoms with Gasteiger partial charge in [-0.05, 0) is 67.8 Å². The summed E-state index contributed by atoms with van der Waals surface area (Å²) in [6.07, 6.45) is 0.971. The largest absolute Gasteiger partial charge is 0.444 e. The smallest absolute Gasteiger partial charge is 0.408 e. The number of carbonyl (C=O) groups is 3. The van der Waals surface area contributed by atoms with Crippen LogP contribution < -0.4 is 10.6 Å². The highest BCUT2D eigenvalue weighted by atomic mass is 16.6. The zero-order valence-electron chi connectivity index (χ0n) is 21.4.